The van der Waals surface area contributed by atoms with E-state index in [-0.39, 0.29) is 17.6 Å². The fourth-order valence-corrected chi connectivity index (χ4v) is 5.58. The number of hydrogen-bond donors (Lipinski definition) is 1. The molecule has 1 aliphatic carbocycles. The summed E-state index contributed by atoms with van der Waals surface area (Å²) in [7, 11) is 3.18. The molecule has 3 aromatic rings. The summed E-state index contributed by atoms with van der Waals surface area (Å²) in [6.45, 7) is 2.12. The molecule has 2 heterocycles. The number of carbonyl (C=O) groups is 2. The van der Waals surface area contributed by atoms with Gasteiger partial charge in [0.05, 0.1) is 37.9 Å². The van der Waals surface area contributed by atoms with Crippen LogP contribution in [0, 0.1) is 0 Å². The summed E-state index contributed by atoms with van der Waals surface area (Å²) in [6.07, 6.45) is 5.74. The number of nitrogens with one attached hydrogen (secondary N) is 1. The van der Waals surface area contributed by atoms with E-state index in [9.17, 15) is 9.59 Å². The highest BCUT2D eigenvalue weighted by Crippen LogP contribution is 2.48. The Morgan fingerprint density at radius 3 is 2.58 bits per heavy atom. The lowest BCUT2D eigenvalue weighted by Crippen LogP contribution is -2.38. The number of anilines is 2. The Labute approximate surface area is 223 Å². The van der Waals surface area contributed by atoms with E-state index in [2.05, 4.69) is 12.2 Å². The van der Waals surface area contributed by atoms with E-state index in [0.29, 0.717) is 36.3 Å². The maximum Gasteiger partial charge on any atom is 0.227 e. The van der Waals surface area contributed by atoms with Gasteiger partial charge in [-0.3, -0.25) is 14.5 Å². The summed E-state index contributed by atoms with van der Waals surface area (Å²) in [5.74, 6) is 1.84. The minimum Gasteiger partial charge on any atom is -0.493 e. The second kappa shape index (κ2) is 11.2. The van der Waals surface area contributed by atoms with Gasteiger partial charge in [0, 0.05) is 30.0 Å². The van der Waals surface area contributed by atoms with E-state index in [1.807, 2.05) is 59.5 Å². The molecule has 0 fully saturated rings. The fourth-order valence-electron chi connectivity index (χ4n) is 5.58. The molecule has 1 N–H and O–H groups in total. The van der Waals surface area contributed by atoms with Gasteiger partial charge in [-0.05, 0) is 54.8 Å². The second-order valence-corrected chi connectivity index (χ2v) is 9.82. The van der Waals surface area contributed by atoms with Crippen LogP contribution in [-0.4, -0.2) is 25.9 Å². The van der Waals surface area contributed by atoms with Crippen LogP contribution >= 0.6 is 0 Å². The van der Waals surface area contributed by atoms with E-state index in [1.165, 1.54) is 0 Å². The minimum absolute atomic E-state index is 0.000834. The van der Waals surface area contributed by atoms with Crippen molar-refractivity contribution in [2.24, 2.45) is 0 Å². The van der Waals surface area contributed by atoms with E-state index < -0.39 is 6.04 Å². The van der Waals surface area contributed by atoms with Crippen LogP contribution < -0.4 is 19.7 Å². The van der Waals surface area contributed by atoms with Gasteiger partial charge < -0.3 is 19.2 Å². The van der Waals surface area contributed by atoms with Crippen molar-refractivity contribution < 1.29 is 23.5 Å². The molecule has 5 rings (SSSR count). The second-order valence-electron chi connectivity index (χ2n) is 9.82. The van der Waals surface area contributed by atoms with Gasteiger partial charge in [0.2, 0.25) is 5.91 Å². The van der Waals surface area contributed by atoms with Gasteiger partial charge in [0.25, 0.3) is 0 Å². The average Bonchev–Trinajstić information content (AvgIpc) is 3.43. The first kappa shape index (κ1) is 25.6. The molecule has 38 heavy (non-hydrogen) atoms. The lowest BCUT2D eigenvalue weighted by Gasteiger charge is -2.35. The monoisotopic (exact) mass is 514 g/mol. The number of Topliss-reactive ketones (excluding diaryl/α,β-unsaturated/α-hetero) is 1. The summed E-state index contributed by atoms with van der Waals surface area (Å²) >= 11 is 0. The molecule has 2 atom stereocenters. The number of ketones is 1. The number of nitrogens with zero attached hydrogens (tertiary/aromatic N) is 1. The van der Waals surface area contributed by atoms with Crippen LogP contribution in [0.4, 0.5) is 11.4 Å². The van der Waals surface area contributed by atoms with Gasteiger partial charge in [-0.15, -0.1) is 0 Å². The molecule has 2 aliphatic rings. The van der Waals surface area contributed by atoms with Crippen molar-refractivity contribution in [3.8, 4) is 11.5 Å². The van der Waals surface area contributed by atoms with Crippen molar-refractivity contribution in [1.29, 1.82) is 0 Å². The number of amides is 1. The number of hydrogen-bond acceptors (Lipinski definition) is 6. The molecular formula is C31H34N2O5. The van der Waals surface area contributed by atoms with Gasteiger partial charge in [-0.1, -0.05) is 38.0 Å². The van der Waals surface area contributed by atoms with Crippen LogP contribution in [-0.2, 0) is 9.59 Å². The maximum atomic E-state index is 14.0. The Hall–Kier alpha value is -4.00. The number of para-hydroxylation sites is 2. The zero-order chi connectivity index (χ0) is 26.6. The van der Waals surface area contributed by atoms with E-state index in [0.717, 1.165) is 47.7 Å². The summed E-state index contributed by atoms with van der Waals surface area (Å²) < 4.78 is 16.8. The first-order valence-electron chi connectivity index (χ1n) is 13.2. The molecule has 1 aromatic heterocycles. The third-order valence-corrected chi connectivity index (χ3v) is 7.42. The quantitative estimate of drug-likeness (QED) is 0.334. The Morgan fingerprint density at radius 2 is 1.84 bits per heavy atom. The Bertz CT molecular complexity index is 1340. The first-order valence-corrected chi connectivity index (χ1v) is 13.2. The highest BCUT2D eigenvalue weighted by Gasteiger charge is 2.42. The Morgan fingerprint density at radius 1 is 1.03 bits per heavy atom. The number of methoxy groups -OCH3 is 2. The molecule has 0 radical (unpaired) electrons. The first-order chi connectivity index (χ1) is 18.5. The number of carbonyl (C=O) groups excluding carboxylic acids is 2. The van der Waals surface area contributed by atoms with Crippen LogP contribution in [0.5, 0.6) is 11.5 Å². The molecule has 1 aliphatic heterocycles. The van der Waals surface area contributed by atoms with Crippen molar-refractivity contribution in [3.05, 3.63) is 83.5 Å². The van der Waals surface area contributed by atoms with Crippen LogP contribution in [0.1, 0.15) is 68.7 Å². The number of fused-ring (bicyclic) bond motifs is 1. The van der Waals surface area contributed by atoms with Crippen LogP contribution in [0.3, 0.4) is 0 Å². The number of benzene rings is 2. The Balaban J connectivity index is 1.70. The van der Waals surface area contributed by atoms with Crippen molar-refractivity contribution in [1.82, 2.24) is 0 Å². The topological polar surface area (TPSA) is 81.0 Å². The number of furan rings is 1. The lowest BCUT2D eigenvalue weighted by molar-refractivity contribution is -0.119. The molecule has 7 heteroatoms. The molecule has 0 saturated carbocycles. The molecule has 0 spiro atoms. The third kappa shape index (κ3) is 4.80. The van der Waals surface area contributed by atoms with Gasteiger partial charge in [-0.25, -0.2) is 0 Å². The van der Waals surface area contributed by atoms with E-state index in [1.54, 1.807) is 20.5 Å². The molecule has 2 aromatic carbocycles. The zero-order valence-corrected chi connectivity index (χ0v) is 22.2. The predicted molar refractivity (Wildman–Crippen MR) is 147 cm³/mol. The van der Waals surface area contributed by atoms with Crippen LogP contribution in [0.15, 0.2) is 76.5 Å². The molecule has 0 bridgehead atoms. The SMILES string of the molecule is CCCCCC(=O)N1c2ccccc2NC2=C(C(=O)C[C@H](c3ccco3)C2)[C@H]1c1ccc(OC)c(OC)c1. The number of unbranched alkanes of at least 4 members (excludes halogenated alkanes) is 2. The van der Waals surface area contributed by atoms with Crippen LogP contribution in [0.25, 0.3) is 0 Å². The fraction of sp³-hybridized carbons (Fsp3) is 0.355. The lowest BCUT2D eigenvalue weighted by atomic mass is 9.80. The third-order valence-electron chi connectivity index (χ3n) is 7.42. The molecule has 0 unspecified atom stereocenters. The number of allylic oxidation sites excluding steroid dienone is 1. The molecule has 1 amide bonds. The van der Waals surface area contributed by atoms with E-state index in [4.69, 9.17) is 13.9 Å². The van der Waals surface area contributed by atoms with Crippen molar-refractivity contribution in [3.63, 3.8) is 0 Å². The van der Waals surface area contributed by atoms with Gasteiger partial charge >= 0.3 is 0 Å². The van der Waals surface area contributed by atoms with Crippen molar-refractivity contribution in [2.75, 3.05) is 24.4 Å². The molecular weight excluding hydrogens is 480 g/mol. The standard InChI is InChI=1S/C31H34N2O5/c1-4-5-6-13-29(35)33-24-11-8-7-10-22(24)32-23-17-21(26-12-9-16-38-26)18-25(34)30(23)31(33)20-14-15-27(36-2)28(19-20)37-3/h7-12,14-16,19,21,31-32H,4-6,13,17-18H2,1-3H3/t21-,31-/m1/s1. The molecule has 7 nitrogen and oxygen atoms in total. The van der Waals surface area contributed by atoms with Crippen LogP contribution in [0.2, 0.25) is 0 Å². The smallest absolute Gasteiger partial charge is 0.227 e. The summed E-state index contributed by atoms with van der Waals surface area (Å²) in [4.78, 5) is 29.8. The van der Waals surface area contributed by atoms with Crippen molar-refractivity contribution >= 4 is 23.1 Å². The normalized spacial score (nSPS) is 18.8. The van der Waals surface area contributed by atoms with Crippen molar-refractivity contribution in [2.45, 2.75) is 57.4 Å². The van der Waals surface area contributed by atoms with Gasteiger partial charge in [0.15, 0.2) is 17.3 Å². The number of ether oxygens (including phenoxy) is 2. The summed E-state index contributed by atoms with van der Waals surface area (Å²) in [5.41, 5.74) is 3.78. The summed E-state index contributed by atoms with van der Waals surface area (Å²) in [6, 6.07) is 16.6. The zero-order valence-electron chi connectivity index (χ0n) is 22.2. The van der Waals surface area contributed by atoms with E-state index >= 15 is 0 Å². The largest absolute Gasteiger partial charge is 0.493 e. The predicted octanol–water partition coefficient (Wildman–Crippen LogP) is 6.78. The molecule has 0 saturated heterocycles. The van der Waals surface area contributed by atoms with Gasteiger partial charge in [-0.2, -0.15) is 0 Å². The van der Waals surface area contributed by atoms with Gasteiger partial charge in [0.1, 0.15) is 5.76 Å². The average molecular weight is 515 g/mol. The Kier molecular flexibility index (Phi) is 7.54. The minimum atomic E-state index is -0.611. The molecule has 198 valence electrons. The highest BCUT2D eigenvalue weighted by atomic mass is 16.5. The summed E-state index contributed by atoms with van der Waals surface area (Å²) in [5, 5.41) is 3.55. The maximum absolute atomic E-state index is 14.0. The highest BCUT2D eigenvalue weighted by molar-refractivity contribution is 6.06. The number of rotatable bonds is 8.